The maximum Gasteiger partial charge on any atom is 0.333 e. The summed E-state index contributed by atoms with van der Waals surface area (Å²) >= 11 is 0. The number of rotatable bonds is 5. The molecule has 88 valence electrons. The molecule has 0 radical (unpaired) electrons. The Bertz CT molecular complexity index is 373. The van der Waals surface area contributed by atoms with E-state index in [4.69, 9.17) is 14.6 Å². The van der Waals surface area contributed by atoms with E-state index in [1.54, 1.807) is 7.11 Å². The lowest BCUT2D eigenvalue weighted by atomic mass is 10.0. The van der Waals surface area contributed by atoms with Crippen molar-refractivity contribution >= 4 is 5.97 Å². The molecule has 0 amide bonds. The molecule has 1 N–H and O–H groups in total. The quantitative estimate of drug-likeness (QED) is 0.826. The van der Waals surface area contributed by atoms with Crippen molar-refractivity contribution in [3.05, 3.63) is 29.3 Å². The monoisotopic (exact) mass is 224 g/mol. The molecule has 0 bridgehead atoms. The molecule has 1 atom stereocenters. The molecular formula is C12H16O4. The number of benzene rings is 1. The van der Waals surface area contributed by atoms with Crippen molar-refractivity contribution in [3.63, 3.8) is 0 Å². The molecule has 0 fully saturated rings. The predicted molar refractivity (Wildman–Crippen MR) is 59.9 cm³/mol. The number of methoxy groups -OCH3 is 2. The first-order valence-electron chi connectivity index (χ1n) is 4.97. The fourth-order valence-corrected chi connectivity index (χ4v) is 1.55. The Balaban J connectivity index is 2.81. The van der Waals surface area contributed by atoms with Crippen LogP contribution in [0.15, 0.2) is 18.2 Å². The summed E-state index contributed by atoms with van der Waals surface area (Å²) in [6.45, 7) is 1.92. The molecule has 16 heavy (non-hydrogen) atoms. The first kappa shape index (κ1) is 12.5. The number of aryl methyl sites for hydroxylation is 1. The van der Waals surface area contributed by atoms with Crippen LogP contribution in [0.4, 0.5) is 0 Å². The molecule has 0 aromatic heterocycles. The van der Waals surface area contributed by atoms with E-state index in [1.165, 1.54) is 7.11 Å². The predicted octanol–water partition coefficient (Wildman–Crippen LogP) is 1.65. The van der Waals surface area contributed by atoms with Crippen molar-refractivity contribution in [1.82, 2.24) is 0 Å². The second-order valence-electron chi connectivity index (χ2n) is 3.57. The van der Waals surface area contributed by atoms with Gasteiger partial charge in [-0.2, -0.15) is 0 Å². The number of aliphatic carboxylic acids is 1. The average Bonchev–Trinajstić information content (AvgIpc) is 2.25. The number of carboxylic acids is 1. The van der Waals surface area contributed by atoms with Gasteiger partial charge in [-0.25, -0.2) is 4.79 Å². The third-order valence-corrected chi connectivity index (χ3v) is 2.44. The Hall–Kier alpha value is -1.55. The van der Waals surface area contributed by atoms with E-state index in [2.05, 4.69) is 0 Å². The maximum absolute atomic E-state index is 10.8. The Morgan fingerprint density at radius 1 is 1.44 bits per heavy atom. The Kier molecular flexibility index (Phi) is 4.31. The number of hydrogen-bond acceptors (Lipinski definition) is 3. The van der Waals surface area contributed by atoms with Gasteiger partial charge in [0.2, 0.25) is 0 Å². The van der Waals surface area contributed by atoms with Crippen molar-refractivity contribution in [3.8, 4) is 5.75 Å². The molecule has 0 aliphatic heterocycles. The van der Waals surface area contributed by atoms with Gasteiger partial charge in [0.15, 0.2) is 6.10 Å². The molecule has 1 aromatic rings. The summed E-state index contributed by atoms with van der Waals surface area (Å²) in [5.41, 5.74) is 1.91. The minimum absolute atomic E-state index is 0.358. The van der Waals surface area contributed by atoms with Crippen molar-refractivity contribution < 1.29 is 19.4 Å². The van der Waals surface area contributed by atoms with Crippen LogP contribution >= 0.6 is 0 Å². The zero-order valence-corrected chi connectivity index (χ0v) is 9.69. The average molecular weight is 224 g/mol. The molecular weight excluding hydrogens is 208 g/mol. The van der Waals surface area contributed by atoms with Crippen molar-refractivity contribution in [2.24, 2.45) is 0 Å². The summed E-state index contributed by atoms with van der Waals surface area (Å²) in [5, 5.41) is 8.85. The molecule has 1 aromatic carbocycles. The van der Waals surface area contributed by atoms with Gasteiger partial charge in [-0.1, -0.05) is 12.1 Å². The van der Waals surface area contributed by atoms with E-state index in [9.17, 15) is 4.79 Å². The zero-order valence-electron chi connectivity index (χ0n) is 9.69. The van der Waals surface area contributed by atoms with Crippen LogP contribution in [0.2, 0.25) is 0 Å². The molecule has 4 heteroatoms. The highest BCUT2D eigenvalue weighted by atomic mass is 16.5. The Morgan fingerprint density at radius 2 is 2.12 bits per heavy atom. The van der Waals surface area contributed by atoms with Gasteiger partial charge in [0, 0.05) is 13.5 Å². The largest absolute Gasteiger partial charge is 0.496 e. The summed E-state index contributed by atoms with van der Waals surface area (Å²) in [4.78, 5) is 10.8. The molecule has 1 rings (SSSR count). The SMILES string of the molecule is COc1ccc(CC(OC)C(=O)O)cc1C. The van der Waals surface area contributed by atoms with E-state index in [0.717, 1.165) is 16.9 Å². The molecule has 0 saturated heterocycles. The van der Waals surface area contributed by atoms with Gasteiger partial charge < -0.3 is 14.6 Å². The zero-order chi connectivity index (χ0) is 12.1. The van der Waals surface area contributed by atoms with Crippen LogP contribution in [0, 0.1) is 6.92 Å². The van der Waals surface area contributed by atoms with E-state index < -0.39 is 12.1 Å². The van der Waals surface area contributed by atoms with E-state index in [0.29, 0.717) is 6.42 Å². The summed E-state index contributed by atoms with van der Waals surface area (Å²) in [5.74, 6) is -0.149. The van der Waals surface area contributed by atoms with Gasteiger partial charge in [0.05, 0.1) is 7.11 Å². The fraction of sp³-hybridized carbons (Fsp3) is 0.417. The Labute approximate surface area is 94.8 Å². The highest BCUT2D eigenvalue weighted by Crippen LogP contribution is 2.19. The van der Waals surface area contributed by atoms with Crippen LogP contribution < -0.4 is 4.74 Å². The summed E-state index contributed by atoms with van der Waals surface area (Å²) in [6.07, 6.45) is -0.441. The van der Waals surface area contributed by atoms with Gasteiger partial charge in [0.1, 0.15) is 5.75 Å². The highest BCUT2D eigenvalue weighted by molar-refractivity contribution is 5.72. The van der Waals surface area contributed by atoms with Gasteiger partial charge in [-0.05, 0) is 24.1 Å². The molecule has 0 heterocycles. The molecule has 0 saturated carbocycles. The Morgan fingerprint density at radius 3 is 2.56 bits per heavy atom. The molecule has 4 nitrogen and oxygen atoms in total. The number of carbonyl (C=O) groups is 1. The summed E-state index contributed by atoms with van der Waals surface area (Å²) < 4.78 is 10.0. The van der Waals surface area contributed by atoms with E-state index in [1.807, 2.05) is 25.1 Å². The lowest BCUT2D eigenvalue weighted by Gasteiger charge is -2.12. The van der Waals surface area contributed by atoms with Gasteiger partial charge in [-0.3, -0.25) is 0 Å². The molecule has 1 unspecified atom stereocenters. The topological polar surface area (TPSA) is 55.8 Å². The first-order valence-corrected chi connectivity index (χ1v) is 4.97. The fourth-order valence-electron chi connectivity index (χ4n) is 1.55. The second-order valence-corrected chi connectivity index (χ2v) is 3.57. The third-order valence-electron chi connectivity index (χ3n) is 2.44. The number of ether oxygens (including phenoxy) is 2. The van der Waals surface area contributed by atoms with Crippen molar-refractivity contribution in [2.75, 3.05) is 14.2 Å². The van der Waals surface area contributed by atoms with Gasteiger partial charge >= 0.3 is 5.97 Å². The second kappa shape index (κ2) is 5.51. The lowest BCUT2D eigenvalue weighted by Crippen LogP contribution is -2.24. The minimum Gasteiger partial charge on any atom is -0.496 e. The standard InChI is InChI=1S/C12H16O4/c1-8-6-9(4-5-10(8)15-2)7-11(16-3)12(13)14/h4-6,11H,7H2,1-3H3,(H,13,14). The van der Waals surface area contributed by atoms with Crippen LogP contribution in [-0.4, -0.2) is 31.4 Å². The lowest BCUT2D eigenvalue weighted by molar-refractivity contribution is -0.148. The van der Waals surface area contributed by atoms with Crippen molar-refractivity contribution in [1.29, 1.82) is 0 Å². The van der Waals surface area contributed by atoms with E-state index >= 15 is 0 Å². The van der Waals surface area contributed by atoms with Crippen LogP contribution in [-0.2, 0) is 16.0 Å². The normalized spacial score (nSPS) is 12.2. The van der Waals surface area contributed by atoms with Crippen LogP contribution in [0.1, 0.15) is 11.1 Å². The number of carboxylic acid groups (broad SMARTS) is 1. The van der Waals surface area contributed by atoms with Crippen LogP contribution in [0.25, 0.3) is 0 Å². The first-order chi connectivity index (χ1) is 7.58. The highest BCUT2D eigenvalue weighted by Gasteiger charge is 2.17. The molecule has 0 spiro atoms. The van der Waals surface area contributed by atoms with Gasteiger partial charge in [0.25, 0.3) is 0 Å². The number of hydrogen-bond donors (Lipinski definition) is 1. The molecule has 0 aliphatic carbocycles. The van der Waals surface area contributed by atoms with Gasteiger partial charge in [-0.15, -0.1) is 0 Å². The molecule has 0 aliphatic rings. The summed E-state index contributed by atoms with van der Waals surface area (Å²) in [6, 6.07) is 5.59. The third kappa shape index (κ3) is 2.97. The van der Waals surface area contributed by atoms with Crippen LogP contribution in [0.3, 0.4) is 0 Å². The minimum atomic E-state index is -0.948. The summed E-state index contributed by atoms with van der Waals surface area (Å²) in [7, 11) is 3.01. The smallest absolute Gasteiger partial charge is 0.333 e. The van der Waals surface area contributed by atoms with Crippen LogP contribution in [0.5, 0.6) is 5.75 Å². The van der Waals surface area contributed by atoms with E-state index in [-0.39, 0.29) is 0 Å². The van der Waals surface area contributed by atoms with Crippen molar-refractivity contribution in [2.45, 2.75) is 19.4 Å². The maximum atomic E-state index is 10.8.